The fraction of sp³-hybridized carbons (Fsp3) is 0.600. The average molecular weight is 423 g/mol. The lowest BCUT2D eigenvalue weighted by molar-refractivity contribution is -0.0728. The molecular weight excluding hydrogens is 388 g/mol. The lowest BCUT2D eigenvalue weighted by atomic mass is 9.95. The molecule has 0 bridgehead atoms. The highest BCUT2D eigenvalue weighted by molar-refractivity contribution is 5.94. The van der Waals surface area contributed by atoms with Gasteiger partial charge in [0.15, 0.2) is 5.69 Å². The van der Waals surface area contributed by atoms with Crippen LogP contribution in [0, 0.1) is 5.92 Å². The number of amides is 1. The molecule has 2 aromatic rings. The number of para-hydroxylation sites is 1. The number of benzene rings is 1. The first kappa shape index (κ1) is 20.7. The third-order valence-electron chi connectivity index (χ3n) is 7.05. The third kappa shape index (κ3) is 4.28. The Bertz CT molecular complexity index is 907. The summed E-state index contributed by atoms with van der Waals surface area (Å²) in [5.41, 5.74) is 4.13. The number of hydrogen-bond donors (Lipinski definition) is 0. The van der Waals surface area contributed by atoms with Crippen molar-refractivity contribution in [2.45, 2.75) is 58.2 Å². The summed E-state index contributed by atoms with van der Waals surface area (Å²) in [7, 11) is 0. The Morgan fingerprint density at radius 2 is 1.77 bits per heavy atom. The highest BCUT2D eigenvalue weighted by atomic mass is 16.5. The molecule has 2 saturated heterocycles. The van der Waals surface area contributed by atoms with Crippen molar-refractivity contribution in [2.75, 3.05) is 32.7 Å². The summed E-state index contributed by atoms with van der Waals surface area (Å²) in [6.07, 6.45) is 5.86. The third-order valence-corrected chi connectivity index (χ3v) is 7.05. The van der Waals surface area contributed by atoms with Gasteiger partial charge in [-0.2, -0.15) is 5.10 Å². The Morgan fingerprint density at radius 1 is 1.06 bits per heavy atom. The molecule has 1 amide bonds. The first-order valence-corrected chi connectivity index (χ1v) is 11.9. The van der Waals surface area contributed by atoms with Crippen LogP contribution in [0.1, 0.15) is 54.9 Å². The van der Waals surface area contributed by atoms with Crippen molar-refractivity contribution in [1.29, 1.82) is 0 Å². The van der Waals surface area contributed by atoms with Crippen LogP contribution in [0.25, 0.3) is 5.69 Å². The van der Waals surface area contributed by atoms with Crippen molar-refractivity contribution in [3.8, 4) is 5.69 Å². The number of ether oxygens (including phenoxy) is 1. The molecule has 2 atom stereocenters. The quantitative estimate of drug-likeness (QED) is 0.759. The van der Waals surface area contributed by atoms with Crippen LogP contribution in [0.15, 0.2) is 30.3 Å². The zero-order valence-electron chi connectivity index (χ0n) is 18.8. The number of rotatable bonds is 4. The van der Waals surface area contributed by atoms with Crippen LogP contribution >= 0.6 is 0 Å². The SMILES string of the molecule is CC1CN(CC2CCN(C(=O)c3nn(-c4ccccc4)c4c3CCC4)CC2)CC(C)O1. The molecule has 6 heteroatoms. The van der Waals surface area contributed by atoms with Gasteiger partial charge in [0.2, 0.25) is 0 Å². The molecule has 0 radical (unpaired) electrons. The predicted molar refractivity (Wildman–Crippen MR) is 121 cm³/mol. The number of carbonyl (C=O) groups is 1. The molecule has 2 unspecified atom stereocenters. The molecule has 3 aliphatic rings. The Labute approximate surface area is 185 Å². The van der Waals surface area contributed by atoms with Crippen LogP contribution in [-0.4, -0.2) is 70.4 Å². The van der Waals surface area contributed by atoms with E-state index in [2.05, 4.69) is 30.9 Å². The molecule has 31 heavy (non-hydrogen) atoms. The van der Waals surface area contributed by atoms with E-state index in [9.17, 15) is 4.79 Å². The highest BCUT2D eigenvalue weighted by Gasteiger charge is 2.32. The Kier molecular flexibility index (Phi) is 5.85. The van der Waals surface area contributed by atoms with E-state index in [1.54, 1.807) is 0 Å². The maximum atomic E-state index is 13.4. The standard InChI is InChI=1S/C25H34N4O2/c1-18-15-27(16-19(2)31-18)17-20-11-13-28(14-12-20)25(30)24-22-9-6-10-23(22)29(26-24)21-7-4-3-5-8-21/h3-5,7-8,18-20H,6,9-17H2,1-2H3. The van der Waals surface area contributed by atoms with E-state index in [0.29, 0.717) is 23.8 Å². The molecule has 1 aliphatic carbocycles. The summed E-state index contributed by atoms with van der Waals surface area (Å²) in [6.45, 7) is 9.17. The molecular formula is C25H34N4O2. The number of piperidine rings is 1. The Balaban J connectivity index is 1.24. The normalized spacial score (nSPS) is 25.0. The van der Waals surface area contributed by atoms with Gasteiger partial charge in [0, 0.05) is 44.0 Å². The van der Waals surface area contributed by atoms with E-state index in [1.807, 2.05) is 27.8 Å². The molecule has 5 rings (SSSR count). The highest BCUT2D eigenvalue weighted by Crippen LogP contribution is 2.30. The number of aromatic nitrogens is 2. The van der Waals surface area contributed by atoms with Crippen LogP contribution in [0.3, 0.4) is 0 Å². The van der Waals surface area contributed by atoms with Crippen molar-refractivity contribution in [3.63, 3.8) is 0 Å². The first-order valence-electron chi connectivity index (χ1n) is 11.9. The van der Waals surface area contributed by atoms with Gasteiger partial charge in [-0.3, -0.25) is 9.69 Å². The Morgan fingerprint density at radius 3 is 2.48 bits per heavy atom. The van der Waals surface area contributed by atoms with Gasteiger partial charge < -0.3 is 9.64 Å². The number of likely N-dealkylation sites (tertiary alicyclic amines) is 1. The van der Waals surface area contributed by atoms with Gasteiger partial charge in [-0.1, -0.05) is 18.2 Å². The fourth-order valence-electron chi connectivity index (χ4n) is 5.66. The number of carbonyl (C=O) groups excluding carboxylic acids is 1. The van der Waals surface area contributed by atoms with Crippen molar-refractivity contribution < 1.29 is 9.53 Å². The van der Waals surface area contributed by atoms with Crippen molar-refractivity contribution in [3.05, 3.63) is 47.3 Å². The van der Waals surface area contributed by atoms with Crippen LogP contribution < -0.4 is 0 Å². The number of nitrogens with zero attached hydrogens (tertiary/aromatic N) is 4. The maximum absolute atomic E-state index is 13.4. The van der Waals surface area contributed by atoms with Gasteiger partial charge in [0.1, 0.15) is 0 Å². The largest absolute Gasteiger partial charge is 0.373 e. The lowest BCUT2D eigenvalue weighted by Crippen LogP contribution is -2.48. The van der Waals surface area contributed by atoms with Crippen LogP contribution in [-0.2, 0) is 17.6 Å². The molecule has 6 nitrogen and oxygen atoms in total. The second kappa shape index (κ2) is 8.75. The lowest BCUT2D eigenvalue weighted by Gasteiger charge is -2.39. The van der Waals surface area contributed by atoms with E-state index >= 15 is 0 Å². The van der Waals surface area contributed by atoms with Gasteiger partial charge in [-0.25, -0.2) is 4.68 Å². The maximum Gasteiger partial charge on any atom is 0.274 e. The Hall–Kier alpha value is -2.18. The van der Waals surface area contributed by atoms with Gasteiger partial charge >= 0.3 is 0 Å². The molecule has 2 fully saturated rings. The van der Waals surface area contributed by atoms with E-state index in [1.165, 1.54) is 11.3 Å². The molecule has 0 saturated carbocycles. The smallest absolute Gasteiger partial charge is 0.274 e. The summed E-state index contributed by atoms with van der Waals surface area (Å²) in [6, 6.07) is 10.2. The first-order chi connectivity index (χ1) is 15.1. The fourth-order valence-corrected chi connectivity index (χ4v) is 5.66. The summed E-state index contributed by atoms with van der Waals surface area (Å²) < 4.78 is 7.87. The molecule has 3 heterocycles. The second-order valence-electron chi connectivity index (χ2n) is 9.59. The minimum Gasteiger partial charge on any atom is -0.373 e. The van der Waals surface area contributed by atoms with Crippen LogP contribution in [0.2, 0.25) is 0 Å². The van der Waals surface area contributed by atoms with E-state index in [0.717, 1.165) is 70.5 Å². The van der Waals surface area contributed by atoms with E-state index in [4.69, 9.17) is 9.84 Å². The molecule has 1 aromatic carbocycles. The van der Waals surface area contributed by atoms with Gasteiger partial charge in [-0.05, 0) is 64.0 Å². The molecule has 0 N–H and O–H groups in total. The van der Waals surface area contributed by atoms with Gasteiger partial charge in [-0.15, -0.1) is 0 Å². The second-order valence-corrected chi connectivity index (χ2v) is 9.59. The average Bonchev–Trinajstić information content (AvgIpc) is 3.37. The zero-order chi connectivity index (χ0) is 21.4. The van der Waals surface area contributed by atoms with Gasteiger partial charge in [0.05, 0.1) is 17.9 Å². The zero-order valence-corrected chi connectivity index (χ0v) is 18.8. The number of morpholine rings is 1. The summed E-state index contributed by atoms with van der Waals surface area (Å²) in [5.74, 6) is 0.786. The van der Waals surface area contributed by atoms with E-state index in [-0.39, 0.29) is 5.91 Å². The van der Waals surface area contributed by atoms with Crippen molar-refractivity contribution >= 4 is 5.91 Å². The topological polar surface area (TPSA) is 50.6 Å². The summed E-state index contributed by atoms with van der Waals surface area (Å²) >= 11 is 0. The summed E-state index contributed by atoms with van der Waals surface area (Å²) in [5, 5.41) is 4.81. The van der Waals surface area contributed by atoms with Gasteiger partial charge in [0.25, 0.3) is 5.91 Å². The molecule has 1 aromatic heterocycles. The molecule has 0 spiro atoms. The molecule has 2 aliphatic heterocycles. The minimum absolute atomic E-state index is 0.125. The van der Waals surface area contributed by atoms with Crippen molar-refractivity contribution in [2.24, 2.45) is 5.92 Å². The van der Waals surface area contributed by atoms with E-state index < -0.39 is 0 Å². The van der Waals surface area contributed by atoms with Crippen molar-refractivity contribution in [1.82, 2.24) is 19.6 Å². The van der Waals surface area contributed by atoms with Crippen LogP contribution in [0.4, 0.5) is 0 Å². The number of fused-ring (bicyclic) bond motifs is 1. The minimum atomic E-state index is 0.125. The monoisotopic (exact) mass is 422 g/mol. The number of hydrogen-bond acceptors (Lipinski definition) is 4. The molecule has 166 valence electrons. The van der Waals surface area contributed by atoms with Crippen LogP contribution in [0.5, 0.6) is 0 Å². The summed E-state index contributed by atoms with van der Waals surface area (Å²) in [4.78, 5) is 18.0. The predicted octanol–water partition coefficient (Wildman–Crippen LogP) is 3.32.